The van der Waals surface area contributed by atoms with E-state index in [1.165, 1.54) is 12.1 Å². The molecule has 0 bridgehead atoms. The van der Waals surface area contributed by atoms with Crippen LogP contribution in [0.25, 0.3) is 0 Å². The minimum atomic E-state index is -0.547. The Balaban J connectivity index is 1.58. The van der Waals surface area contributed by atoms with Crippen molar-refractivity contribution in [2.24, 2.45) is 0 Å². The van der Waals surface area contributed by atoms with Gasteiger partial charge in [-0.05, 0) is 41.5 Å². The Morgan fingerprint density at radius 3 is 2.69 bits per heavy atom. The van der Waals surface area contributed by atoms with Crippen molar-refractivity contribution in [2.45, 2.75) is 25.6 Å². The van der Waals surface area contributed by atoms with Crippen LogP contribution >= 0.6 is 0 Å². The van der Waals surface area contributed by atoms with E-state index in [0.29, 0.717) is 31.3 Å². The Labute approximate surface area is 186 Å². The highest BCUT2D eigenvalue weighted by Gasteiger charge is 2.22. The monoisotopic (exact) mass is 436 g/mol. The highest BCUT2D eigenvalue weighted by molar-refractivity contribution is 5.94. The van der Waals surface area contributed by atoms with Gasteiger partial charge in [-0.3, -0.25) is 9.78 Å². The summed E-state index contributed by atoms with van der Waals surface area (Å²) in [5.74, 6) is 0.267. The fraction of sp³-hybridized carbons (Fsp3) is 0.280. The van der Waals surface area contributed by atoms with Gasteiger partial charge in [-0.2, -0.15) is 0 Å². The van der Waals surface area contributed by atoms with E-state index >= 15 is 0 Å². The van der Waals surface area contributed by atoms with Gasteiger partial charge in [-0.25, -0.2) is 4.39 Å². The number of hydrogen-bond acceptors (Lipinski definition) is 5. The molecule has 7 heteroatoms. The van der Waals surface area contributed by atoms with Gasteiger partial charge in [0.05, 0.1) is 25.9 Å². The summed E-state index contributed by atoms with van der Waals surface area (Å²) in [6.45, 7) is 1.81. The lowest BCUT2D eigenvalue weighted by molar-refractivity contribution is 0.0725. The van der Waals surface area contributed by atoms with Crippen LogP contribution in [0.1, 0.15) is 27.9 Å². The second-order valence-corrected chi connectivity index (χ2v) is 7.59. The average molecular weight is 436 g/mol. The number of hydrogen-bond donors (Lipinski definition) is 0. The number of amides is 1. The maximum atomic E-state index is 14.3. The van der Waals surface area contributed by atoms with Gasteiger partial charge in [0.1, 0.15) is 11.9 Å². The minimum Gasteiger partial charge on any atom is -0.493 e. The second-order valence-electron chi connectivity index (χ2n) is 7.59. The van der Waals surface area contributed by atoms with Gasteiger partial charge in [0.2, 0.25) is 0 Å². The van der Waals surface area contributed by atoms with Crippen molar-refractivity contribution in [2.75, 3.05) is 20.3 Å². The molecule has 0 radical (unpaired) electrons. The van der Waals surface area contributed by atoms with Crippen molar-refractivity contribution in [1.82, 2.24) is 9.88 Å². The molecule has 0 spiro atoms. The number of carbonyl (C=O) groups is 1. The molecule has 2 heterocycles. The molecular weight excluding hydrogens is 411 g/mol. The van der Waals surface area contributed by atoms with Crippen molar-refractivity contribution >= 4 is 5.91 Å². The summed E-state index contributed by atoms with van der Waals surface area (Å²) < 4.78 is 31.2. The van der Waals surface area contributed by atoms with Crippen LogP contribution in [0.4, 0.5) is 4.39 Å². The van der Waals surface area contributed by atoms with Crippen molar-refractivity contribution in [3.05, 3.63) is 89.5 Å². The van der Waals surface area contributed by atoms with Crippen LogP contribution in [0.5, 0.6) is 11.5 Å². The van der Waals surface area contributed by atoms with Crippen molar-refractivity contribution in [3.8, 4) is 11.5 Å². The third-order valence-electron chi connectivity index (χ3n) is 5.27. The molecule has 0 saturated carbocycles. The SMILES string of the molecule is COc1cc(CN(Cc2cccnc2)C(=O)c2ccccc2F)ccc1O[C@@H]1CCOC1. The molecule has 1 amide bonds. The first kappa shape index (κ1) is 21.8. The molecule has 1 aliphatic heterocycles. The minimum absolute atomic E-state index is 0.000497. The van der Waals surface area contributed by atoms with Crippen LogP contribution in [0.2, 0.25) is 0 Å². The number of rotatable bonds is 8. The van der Waals surface area contributed by atoms with Crippen molar-refractivity contribution in [1.29, 1.82) is 0 Å². The lowest BCUT2D eigenvalue weighted by atomic mass is 10.1. The summed E-state index contributed by atoms with van der Waals surface area (Å²) in [6.07, 6.45) is 4.20. The van der Waals surface area contributed by atoms with Crippen molar-refractivity contribution < 1.29 is 23.4 Å². The maximum Gasteiger partial charge on any atom is 0.257 e. The topological polar surface area (TPSA) is 60.9 Å². The second kappa shape index (κ2) is 10.2. The summed E-state index contributed by atoms with van der Waals surface area (Å²) in [5.41, 5.74) is 1.72. The lowest BCUT2D eigenvalue weighted by Crippen LogP contribution is -2.31. The summed E-state index contributed by atoms with van der Waals surface area (Å²) in [7, 11) is 1.58. The summed E-state index contributed by atoms with van der Waals surface area (Å²) >= 11 is 0. The number of methoxy groups -OCH3 is 1. The first-order valence-corrected chi connectivity index (χ1v) is 10.5. The largest absolute Gasteiger partial charge is 0.493 e. The number of ether oxygens (including phenoxy) is 3. The van der Waals surface area contributed by atoms with Gasteiger partial charge >= 0.3 is 0 Å². The molecular formula is C25H25FN2O4. The molecule has 1 atom stereocenters. The third-order valence-corrected chi connectivity index (χ3v) is 5.27. The molecule has 4 rings (SSSR count). The number of nitrogens with zero attached hydrogens (tertiary/aromatic N) is 2. The molecule has 166 valence electrons. The molecule has 2 aromatic carbocycles. The lowest BCUT2D eigenvalue weighted by Gasteiger charge is -2.24. The van der Waals surface area contributed by atoms with E-state index in [2.05, 4.69) is 4.98 Å². The van der Waals surface area contributed by atoms with E-state index in [4.69, 9.17) is 14.2 Å². The van der Waals surface area contributed by atoms with E-state index in [0.717, 1.165) is 17.5 Å². The van der Waals surface area contributed by atoms with Gasteiger partial charge in [0, 0.05) is 31.9 Å². The van der Waals surface area contributed by atoms with E-state index in [-0.39, 0.29) is 18.2 Å². The van der Waals surface area contributed by atoms with Crippen LogP contribution < -0.4 is 9.47 Å². The molecule has 1 fully saturated rings. The van der Waals surface area contributed by atoms with Gasteiger partial charge in [0.25, 0.3) is 5.91 Å². The fourth-order valence-corrected chi connectivity index (χ4v) is 3.63. The Morgan fingerprint density at radius 1 is 1.12 bits per heavy atom. The number of pyridine rings is 1. The highest BCUT2D eigenvalue weighted by Crippen LogP contribution is 2.31. The maximum absolute atomic E-state index is 14.3. The van der Waals surface area contributed by atoms with E-state index < -0.39 is 11.7 Å². The smallest absolute Gasteiger partial charge is 0.257 e. The molecule has 32 heavy (non-hydrogen) atoms. The summed E-state index contributed by atoms with van der Waals surface area (Å²) in [6, 6.07) is 15.3. The molecule has 0 N–H and O–H groups in total. The van der Waals surface area contributed by atoms with Gasteiger partial charge in [-0.1, -0.05) is 24.3 Å². The number of halogens is 1. The standard InChI is InChI=1S/C25H25FN2O4/c1-30-24-13-18(8-9-23(24)32-20-10-12-31-17-20)15-28(16-19-5-4-11-27-14-19)25(29)21-6-2-3-7-22(21)26/h2-9,11,13-14,20H,10,12,15-17H2,1H3/t20-/m1/s1. The molecule has 1 aliphatic rings. The third kappa shape index (κ3) is 5.23. The number of benzene rings is 2. The Bertz CT molecular complexity index is 1050. The van der Waals surface area contributed by atoms with Gasteiger partial charge < -0.3 is 19.1 Å². The molecule has 0 unspecified atom stereocenters. The van der Waals surface area contributed by atoms with E-state index in [9.17, 15) is 9.18 Å². The zero-order valence-corrected chi connectivity index (χ0v) is 17.9. The first-order valence-electron chi connectivity index (χ1n) is 10.5. The number of aromatic nitrogens is 1. The first-order chi connectivity index (χ1) is 15.6. The Kier molecular flexibility index (Phi) is 6.97. The summed E-state index contributed by atoms with van der Waals surface area (Å²) in [5, 5.41) is 0. The van der Waals surface area contributed by atoms with Crippen LogP contribution in [0.3, 0.4) is 0 Å². The van der Waals surface area contributed by atoms with Crippen LogP contribution in [-0.4, -0.2) is 42.2 Å². The molecule has 1 aromatic heterocycles. The Morgan fingerprint density at radius 2 is 1.97 bits per heavy atom. The predicted molar refractivity (Wildman–Crippen MR) is 117 cm³/mol. The molecule has 3 aromatic rings. The van der Waals surface area contributed by atoms with Crippen LogP contribution in [0, 0.1) is 5.82 Å². The molecule has 1 saturated heterocycles. The van der Waals surface area contributed by atoms with Gasteiger partial charge in [-0.15, -0.1) is 0 Å². The zero-order chi connectivity index (χ0) is 22.3. The predicted octanol–water partition coefficient (Wildman–Crippen LogP) is 4.24. The zero-order valence-electron chi connectivity index (χ0n) is 17.9. The van der Waals surface area contributed by atoms with Gasteiger partial charge in [0.15, 0.2) is 11.5 Å². The normalized spacial score (nSPS) is 15.4. The van der Waals surface area contributed by atoms with Crippen LogP contribution in [-0.2, 0) is 17.8 Å². The quantitative estimate of drug-likeness (QED) is 0.529. The van der Waals surface area contributed by atoms with E-state index in [1.54, 1.807) is 36.5 Å². The molecule has 0 aliphatic carbocycles. The van der Waals surface area contributed by atoms with Crippen LogP contribution in [0.15, 0.2) is 67.0 Å². The highest BCUT2D eigenvalue weighted by atomic mass is 19.1. The fourth-order valence-electron chi connectivity index (χ4n) is 3.63. The average Bonchev–Trinajstić information content (AvgIpc) is 3.33. The van der Waals surface area contributed by atoms with E-state index in [1.807, 2.05) is 30.3 Å². The van der Waals surface area contributed by atoms with Crippen molar-refractivity contribution in [3.63, 3.8) is 0 Å². The Hall–Kier alpha value is -3.45. The summed E-state index contributed by atoms with van der Waals surface area (Å²) in [4.78, 5) is 18.9. The number of carbonyl (C=O) groups excluding carboxylic acids is 1. The molecule has 6 nitrogen and oxygen atoms in total.